The number of hydrogen-bond donors (Lipinski definition) is 0. The number of rotatable bonds is 3. The smallest absolute Gasteiger partial charge is 0.360 e. The molecule has 0 radical (unpaired) electrons. The van der Waals surface area contributed by atoms with Crippen molar-refractivity contribution < 1.29 is 18.8 Å². The predicted molar refractivity (Wildman–Crippen MR) is 39.8 cm³/mol. The third-order valence-electron chi connectivity index (χ3n) is 0.960. The van der Waals surface area contributed by atoms with E-state index in [1.165, 1.54) is 19.4 Å². The second-order valence-corrected chi connectivity index (χ2v) is 1.77. The average molecular weight is 169 g/mol. The third kappa shape index (κ3) is 2.45. The van der Waals surface area contributed by atoms with Gasteiger partial charge in [-0.25, -0.2) is 4.79 Å². The van der Waals surface area contributed by atoms with Gasteiger partial charge in [-0.15, -0.1) is 0 Å². The molecule has 1 rings (SSSR count). The molecule has 12 heavy (non-hydrogen) atoms. The van der Waals surface area contributed by atoms with E-state index in [-0.39, 0.29) is 5.95 Å². The van der Waals surface area contributed by atoms with Crippen LogP contribution in [-0.2, 0) is 9.63 Å². The fraction of sp³-hybridized carbons (Fsp3) is 0.143. The molecule has 0 aliphatic heterocycles. The van der Waals surface area contributed by atoms with E-state index in [0.29, 0.717) is 0 Å². The molecule has 0 atom stereocenters. The highest BCUT2D eigenvalue weighted by Crippen LogP contribution is 2.09. The van der Waals surface area contributed by atoms with E-state index in [9.17, 15) is 4.79 Å². The summed E-state index contributed by atoms with van der Waals surface area (Å²) in [6.07, 6.45) is 2.30. The van der Waals surface area contributed by atoms with Crippen molar-refractivity contribution in [2.75, 3.05) is 7.11 Å². The average Bonchev–Trinajstić information content (AvgIpc) is 2.53. The van der Waals surface area contributed by atoms with Gasteiger partial charge in [0.05, 0.1) is 6.26 Å². The number of furan rings is 1. The van der Waals surface area contributed by atoms with Gasteiger partial charge < -0.3 is 14.0 Å². The SMILES string of the molecule is CON=CC(=O)Oc1ccco1. The minimum absolute atomic E-state index is 0.127. The van der Waals surface area contributed by atoms with Gasteiger partial charge in [0.25, 0.3) is 5.95 Å². The van der Waals surface area contributed by atoms with Crippen LogP contribution in [0.2, 0.25) is 0 Å². The quantitative estimate of drug-likeness (QED) is 0.381. The fourth-order valence-electron chi connectivity index (χ4n) is 0.543. The lowest BCUT2D eigenvalue weighted by Gasteiger charge is -1.92. The molecule has 1 aromatic heterocycles. The van der Waals surface area contributed by atoms with Crippen molar-refractivity contribution in [3.05, 3.63) is 18.4 Å². The molecule has 1 heterocycles. The molecule has 64 valence electrons. The monoisotopic (exact) mass is 169 g/mol. The van der Waals surface area contributed by atoms with Crippen molar-refractivity contribution in [2.24, 2.45) is 5.16 Å². The summed E-state index contributed by atoms with van der Waals surface area (Å²) in [5.41, 5.74) is 0. The Morgan fingerprint density at radius 2 is 2.58 bits per heavy atom. The van der Waals surface area contributed by atoms with Crippen LogP contribution < -0.4 is 4.74 Å². The lowest BCUT2D eigenvalue weighted by Crippen LogP contribution is -2.08. The van der Waals surface area contributed by atoms with Gasteiger partial charge in [-0.05, 0) is 6.07 Å². The summed E-state index contributed by atoms with van der Waals surface area (Å²) in [5.74, 6) is -0.519. The largest absolute Gasteiger partial charge is 0.434 e. The molecule has 5 heteroatoms. The van der Waals surface area contributed by atoms with Crippen molar-refractivity contribution >= 4 is 12.2 Å². The summed E-state index contributed by atoms with van der Waals surface area (Å²) in [7, 11) is 1.33. The summed E-state index contributed by atoms with van der Waals surface area (Å²) < 4.78 is 9.36. The van der Waals surface area contributed by atoms with Crippen LogP contribution in [0.15, 0.2) is 28.0 Å². The first-order valence-corrected chi connectivity index (χ1v) is 3.15. The van der Waals surface area contributed by atoms with Crippen LogP contribution in [0.1, 0.15) is 0 Å². The van der Waals surface area contributed by atoms with Crippen molar-refractivity contribution in [3.63, 3.8) is 0 Å². The Bertz CT molecular complexity index is 265. The topological polar surface area (TPSA) is 61.0 Å². The van der Waals surface area contributed by atoms with Gasteiger partial charge in [0, 0.05) is 6.07 Å². The number of oxime groups is 1. The molecule has 0 N–H and O–H groups in total. The molecule has 0 saturated carbocycles. The van der Waals surface area contributed by atoms with Crippen molar-refractivity contribution in [1.82, 2.24) is 0 Å². The normalized spacial score (nSPS) is 10.1. The predicted octanol–water partition coefficient (Wildman–Crippen LogP) is 0.817. The van der Waals surface area contributed by atoms with E-state index in [2.05, 4.69) is 14.7 Å². The number of hydrogen-bond acceptors (Lipinski definition) is 5. The maximum absolute atomic E-state index is 10.8. The minimum Gasteiger partial charge on any atom is -0.434 e. The van der Waals surface area contributed by atoms with Gasteiger partial charge in [-0.3, -0.25) is 0 Å². The molecular formula is C7H7NO4. The molecule has 0 unspecified atom stereocenters. The molecule has 0 amide bonds. The Kier molecular flexibility index (Phi) is 2.89. The second kappa shape index (κ2) is 4.17. The maximum atomic E-state index is 10.8. The van der Waals surface area contributed by atoms with Crippen molar-refractivity contribution in [3.8, 4) is 5.95 Å². The summed E-state index contributed by atoms with van der Waals surface area (Å²) in [4.78, 5) is 15.0. The molecule has 0 bridgehead atoms. The van der Waals surface area contributed by atoms with Crippen LogP contribution in [0.3, 0.4) is 0 Å². The first kappa shape index (κ1) is 8.32. The van der Waals surface area contributed by atoms with Gasteiger partial charge in [0.15, 0.2) is 6.21 Å². The highest BCUT2D eigenvalue weighted by Gasteiger charge is 2.02. The number of carbonyl (C=O) groups is 1. The van der Waals surface area contributed by atoms with Crippen molar-refractivity contribution in [1.29, 1.82) is 0 Å². The maximum Gasteiger partial charge on any atom is 0.360 e. The number of esters is 1. The zero-order valence-electron chi connectivity index (χ0n) is 6.39. The molecule has 0 aliphatic carbocycles. The molecular weight excluding hydrogens is 162 g/mol. The van der Waals surface area contributed by atoms with Crippen LogP contribution in [0.25, 0.3) is 0 Å². The Morgan fingerprint density at radius 1 is 1.75 bits per heavy atom. The van der Waals surface area contributed by atoms with Gasteiger partial charge in [0.1, 0.15) is 7.11 Å². The number of nitrogens with zero attached hydrogens (tertiary/aromatic N) is 1. The fourth-order valence-corrected chi connectivity index (χ4v) is 0.543. The second-order valence-electron chi connectivity index (χ2n) is 1.77. The summed E-state index contributed by atoms with van der Waals surface area (Å²) >= 11 is 0. The van der Waals surface area contributed by atoms with Gasteiger partial charge in [-0.2, -0.15) is 0 Å². The molecule has 0 saturated heterocycles. The van der Waals surface area contributed by atoms with E-state index < -0.39 is 5.97 Å². The lowest BCUT2D eigenvalue weighted by atomic mass is 10.6. The van der Waals surface area contributed by atoms with E-state index >= 15 is 0 Å². The van der Waals surface area contributed by atoms with Crippen LogP contribution in [0.4, 0.5) is 0 Å². The summed E-state index contributed by atoms with van der Waals surface area (Å²) in [6.45, 7) is 0. The first-order chi connectivity index (χ1) is 5.83. The van der Waals surface area contributed by atoms with Gasteiger partial charge >= 0.3 is 5.97 Å². The Hall–Kier alpha value is -1.78. The number of carbonyl (C=O) groups excluding carboxylic acids is 1. The molecule has 1 aromatic rings. The van der Waals surface area contributed by atoms with Crippen LogP contribution in [0, 0.1) is 0 Å². The molecule has 5 nitrogen and oxygen atoms in total. The van der Waals surface area contributed by atoms with E-state index in [1.54, 1.807) is 6.07 Å². The Labute approximate surface area is 68.6 Å². The van der Waals surface area contributed by atoms with Crippen LogP contribution in [0.5, 0.6) is 5.95 Å². The highest BCUT2D eigenvalue weighted by atomic mass is 16.6. The molecule has 0 aliphatic rings. The van der Waals surface area contributed by atoms with E-state index in [4.69, 9.17) is 4.42 Å². The van der Waals surface area contributed by atoms with E-state index in [1.807, 2.05) is 0 Å². The molecule has 0 spiro atoms. The zero-order valence-corrected chi connectivity index (χ0v) is 6.39. The number of ether oxygens (including phenoxy) is 1. The minimum atomic E-state index is -0.646. The zero-order chi connectivity index (χ0) is 8.81. The van der Waals surface area contributed by atoms with Gasteiger partial charge in [-0.1, -0.05) is 5.16 Å². The Morgan fingerprint density at radius 3 is 3.17 bits per heavy atom. The van der Waals surface area contributed by atoms with Crippen molar-refractivity contribution in [2.45, 2.75) is 0 Å². The van der Waals surface area contributed by atoms with E-state index in [0.717, 1.165) is 6.21 Å². The third-order valence-corrected chi connectivity index (χ3v) is 0.960. The first-order valence-electron chi connectivity index (χ1n) is 3.15. The van der Waals surface area contributed by atoms with Crippen LogP contribution >= 0.6 is 0 Å². The summed E-state index contributed by atoms with van der Waals surface area (Å²) in [6, 6.07) is 3.12. The van der Waals surface area contributed by atoms with Gasteiger partial charge in [0.2, 0.25) is 0 Å². The molecule has 0 aromatic carbocycles. The van der Waals surface area contributed by atoms with Crippen LogP contribution in [-0.4, -0.2) is 19.3 Å². The standard InChI is InChI=1S/C7H7NO4/c1-10-8-5-6(9)12-7-3-2-4-11-7/h2-5H,1H3. The highest BCUT2D eigenvalue weighted by molar-refractivity contribution is 6.23. The molecule has 0 fully saturated rings. The summed E-state index contributed by atoms with van der Waals surface area (Å²) in [5, 5.41) is 3.21. The Balaban J connectivity index is 2.42. The lowest BCUT2D eigenvalue weighted by molar-refractivity contribution is -0.127.